The van der Waals surface area contributed by atoms with E-state index < -0.39 is 5.41 Å². The van der Waals surface area contributed by atoms with E-state index in [9.17, 15) is 4.79 Å². The van der Waals surface area contributed by atoms with Gasteiger partial charge in [-0.2, -0.15) is 0 Å². The lowest BCUT2D eigenvalue weighted by Crippen LogP contribution is -2.37. The van der Waals surface area contributed by atoms with Crippen LogP contribution in [-0.2, 0) is 10.2 Å². The maximum absolute atomic E-state index is 12.7. The molecule has 3 rings (SSSR count). The third-order valence-electron chi connectivity index (χ3n) is 4.13. The Morgan fingerprint density at radius 3 is 2.53 bits per heavy atom. The van der Waals surface area contributed by atoms with Gasteiger partial charge in [-0.1, -0.05) is 48.0 Å². The van der Waals surface area contributed by atoms with E-state index in [1.165, 1.54) is 5.56 Å². The minimum Gasteiger partial charge on any atom is -0.314 e. The number of carbonyl (C=O) groups is 1. The molecular formula is C17H17NO. The van der Waals surface area contributed by atoms with Gasteiger partial charge in [0, 0.05) is 12.7 Å². The highest BCUT2D eigenvalue weighted by atomic mass is 16.2. The van der Waals surface area contributed by atoms with Crippen LogP contribution in [0.25, 0.3) is 0 Å². The van der Waals surface area contributed by atoms with Crippen molar-refractivity contribution in [3.8, 4) is 0 Å². The van der Waals surface area contributed by atoms with E-state index in [-0.39, 0.29) is 5.91 Å². The molecule has 0 saturated heterocycles. The SMILES string of the molecule is Cc1cccc([C@]2(C)C(=O)N(C)c3ccccc32)c1. The predicted octanol–water partition coefficient (Wildman–Crippen LogP) is 3.28. The largest absolute Gasteiger partial charge is 0.314 e. The number of carbonyl (C=O) groups excluding carboxylic acids is 1. The first-order valence-electron chi connectivity index (χ1n) is 6.50. The Kier molecular flexibility index (Phi) is 2.49. The summed E-state index contributed by atoms with van der Waals surface area (Å²) in [6, 6.07) is 16.3. The minimum absolute atomic E-state index is 0.138. The van der Waals surface area contributed by atoms with Crippen LogP contribution in [0.3, 0.4) is 0 Å². The third kappa shape index (κ3) is 1.53. The van der Waals surface area contributed by atoms with Crippen LogP contribution in [0.2, 0.25) is 0 Å². The predicted molar refractivity (Wildman–Crippen MR) is 77.5 cm³/mol. The first-order valence-corrected chi connectivity index (χ1v) is 6.50. The van der Waals surface area contributed by atoms with Gasteiger partial charge < -0.3 is 4.90 Å². The van der Waals surface area contributed by atoms with E-state index in [1.54, 1.807) is 4.90 Å². The van der Waals surface area contributed by atoms with Gasteiger partial charge in [0.15, 0.2) is 0 Å². The van der Waals surface area contributed by atoms with Crippen molar-refractivity contribution in [2.75, 3.05) is 11.9 Å². The fraction of sp³-hybridized carbons (Fsp3) is 0.235. The number of benzene rings is 2. The molecule has 0 N–H and O–H groups in total. The van der Waals surface area contributed by atoms with Crippen LogP contribution in [0.5, 0.6) is 0 Å². The molecule has 1 aliphatic heterocycles. The van der Waals surface area contributed by atoms with Crippen LogP contribution in [0, 0.1) is 6.92 Å². The number of para-hydroxylation sites is 1. The summed E-state index contributed by atoms with van der Waals surface area (Å²) in [5.74, 6) is 0.138. The average molecular weight is 251 g/mol. The van der Waals surface area contributed by atoms with Gasteiger partial charge in [0.1, 0.15) is 0 Å². The van der Waals surface area contributed by atoms with Gasteiger partial charge in [0.05, 0.1) is 5.41 Å². The summed E-state index contributed by atoms with van der Waals surface area (Å²) < 4.78 is 0. The van der Waals surface area contributed by atoms with Gasteiger partial charge in [-0.05, 0) is 31.0 Å². The van der Waals surface area contributed by atoms with Crippen molar-refractivity contribution < 1.29 is 4.79 Å². The maximum Gasteiger partial charge on any atom is 0.241 e. The van der Waals surface area contributed by atoms with E-state index in [0.717, 1.165) is 16.8 Å². The lowest BCUT2D eigenvalue weighted by molar-refractivity contribution is -0.121. The van der Waals surface area contributed by atoms with Gasteiger partial charge in [0.25, 0.3) is 0 Å². The monoisotopic (exact) mass is 251 g/mol. The second kappa shape index (κ2) is 3.95. The van der Waals surface area contributed by atoms with E-state index in [4.69, 9.17) is 0 Å². The number of fused-ring (bicyclic) bond motifs is 1. The molecule has 19 heavy (non-hydrogen) atoms. The Bertz CT molecular complexity index is 662. The Morgan fingerprint density at radius 1 is 1.05 bits per heavy atom. The number of hydrogen-bond donors (Lipinski definition) is 0. The zero-order chi connectivity index (χ0) is 13.6. The van der Waals surface area contributed by atoms with Gasteiger partial charge in [-0.15, -0.1) is 0 Å². The molecule has 0 unspecified atom stereocenters. The third-order valence-corrected chi connectivity index (χ3v) is 4.13. The molecule has 0 spiro atoms. The molecular weight excluding hydrogens is 234 g/mol. The number of nitrogens with zero attached hydrogens (tertiary/aromatic N) is 1. The summed E-state index contributed by atoms with van der Waals surface area (Å²) in [5.41, 5.74) is 3.77. The normalized spacial score (nSPS) is 21.6. The van der Waals surface area contributed by atoms with Crippen LogP contribution in [0.4, 0.5) is 5.69 Å². The van der Waals surface area contributed by atoms with E-state index >= 15 is 0 Å². The molecule has 2 aromatic rings. The number of amides is 1. The Labute approximate surface area is 113 Å². The van der Waals surface area contributed by atoms with E-state index in [2.05, 4.69) is 25.1 Å². The molecule has 0 radical (unpaired) electrons. The summed E-state index contributed by atoms with van der Waals surface area (Å²) in [5, 5.41) is 0. The van der Waals surface area contributed by atoms with Crippen LogP contribution in [0.15, 0.2) is 48.5 Å². The zero-order valence-corrected chi connectivity index (χ0v) is 11.5. The van der Waals surface area contributed by atoms with Crippen molar-refractivity contribution in [2.45, 2.75) is 19.3 Å². The first kappa shape index (κ1) is 12.0. The van der Waals surface area contributed by atoms with Crippen molar-refractivity contribution in [1.82, 2.24) is 0 Å². The molecule has 0 saturated carbocycles. The Hall–Kier alpha value is -2.09. The minimum atomic E-state index is -0.572. The van der Waals surface area contributed by atoms with Crippen molar-refractivity contribution in [3.05, 3.63) is 65.2 Å². The molecule has 0 bridgehead atoms. The standard InChI is InChI=1S/C17H17NO/c1-12-7-6-8-13(11-12)17(2)14-9-4-5-10-15(14)18(3)16(17)19/h4-11H,1-3H3/t17-/m0/s1. The van der Waals surface area contributed by atoms with Gasteiger partial charge in [-0.3, -0.25) is 4.79 Å². The molecule has 2 aromatic carbocycles. The molecule has 1 atom stereocenters. The summed E-state index contributed by atoms with van der Waals surface area (Å²) in [6.07, 6.45) is 0. The second-order valence-corrected chi connectivity index (χ2v) is 5.38. The topological polar surface area (TPSA) is 20.3 Å². The molecule has 0 aliphatic carbocycles. The number of hydrogen-bond acceptors (Lipinski definition) is 1. The van der Waals surface area contributed by atoms with Crippen molar-refractivity contribution in [1.29, 1.82) is 0 Å². The number of anilines is 1. The highest BCUT2D eigenvalue weighted by Gasteiger charge is 2.46. The number of rotatable bonds is 1. The van der Waals surface area contributed by atoms with Crippen LogP contribution in [0.1, 0.15) is 23.6 Å². The second-order valence-electron chi connectivity index (χ2n) is 5.38. The summed E-state index contributed by atoms with van der Waals surface area (Å²) in [7, 11) is 1.85. The van der Waals surface area contributed by atoms with Crippen LogP contribution >= 0.6 is 0 Å². The average Bonchev–Trinajstić information content (AvgIpc) is 2.63. The molecule has 2 heteroatoms. The number of aryl methyl sites for hydroxylation is 1. The fourth-order valence-electron chi connectivity index (χ4n) is 2.98. The van der Waals surface area contributed by atoms with E-state index in [1.807, 2.05) is 44.3 Å². The van der Waals surface area contributed by atoms with Gasteiger partial charge >= 0.3 is 0 Å². The quantitative estimate of drug-likeness (QED) is 0.761. The highest BCUT2D eigenvalue weighted by Crippen LogP contribution is 2.45. The smallest absolute Gasteiger partial charge is 0.241 e. The molecule has 0 aromatic heterocycles. The highest BCUT2D eigenvalue weighted by molar-refractivity contribution is 6.09. The maximum atomic E-state index is 12.7. The van der Waals surface area contributed by atoms with Crippen molar-refractivity contribution >= 4 is 11.6 Å². The Balaban J connectivity index is 2.27. The summed E-state index contributed by atoms with van der Waals surface area (Å²) in [4.78, 5) is 14.5. The lowest BCUT2D eigenvalue weighted by Gasteiger charge is -2.24. The fourth-order valence-corrected chi connectivity index (χ4v) is 2.98. The van der Waals surface area contributed by atoms with Crippen LogP contribution < -0.4 is 4.90 Å². The molecule has 1 amide bonds. The Morgan fingerprint density at radius 2 is 1.79 bits per heavy atom. The first-order chi connectivity index (χ1) is 9.05. The summed E-state index contributed by atoms with van der Waals surface area (Å²) >= 11 is 0. The van der Waals surface area contributed by atoms with E-state index in [0.29, 0.717) is 0 Å². The molecule has 1 heterocycles. The van der Waals surface area contributed by atoms with Gasteiger partial charge in [-0.25, -0.2) is 0 Å². The zero-order valence-electron chi connectivity index (χ0n) is 11.5. The van der Waals surface area contributed by atoms with Crippen LogP contribution in [-0.4, -0.2) is 13.0 Å². The van der Waals surface area contributed by atoms with Crippen molar-refractivity contribution in [3.63, 3.8) is 0 Å². The molecule has 1 aliphatic rings. The van der Waals surface area contributed by atoms with Gasteiger partial charge in [0.2, 0.25) is 5.91 Å². The van der Waals surface area contributed by atoms with Crippen molar-refractivity contribution in [2.24, 2.45) is 0 Å². The molecule has 0 fully saturated rings. The number of likely N-dealkylation sites (N-methyl/N-ethyl adjacent to an activating group) is 1. The lowest BCUT2D eigenvalue weighted by atomic mass is 9.77. The molecule has 96 valence electrons. The summed E-state index contributed by atoms with van der Waals surface area (Å²) in [6.45, 7) is 4.08. The molecule has 2 nitrogen and oxygen atoms in total.